The van der Waals surface area contributed by atoms with Crippen LogP contribution in [0.25, 0.3) is 26.4 Å². The van der Waals surface area contributed by atoms with E-state index in [1.165, 1.54) is 25.3 Å². The molecule has 2 heterocycles. The number of hydrogen-bond donors (Lipinski definition) is 0. The van der Waals surface area contributed by atoms with Gasteiger partial charge in [0.2, 0.25) is 0 Å². The summed E-state index contributed by atoms with van der Waals surface area (Å²) in [7, 11) is 1.38. The first-order valence-electron chi connectivity index (χ1n) is 7.19. The number of thiazole rings is 1. The minimum absolute atomic E-state index is 0.134. The molecule has 0 saturated heterocycles. The van der Waals surface area contributed by atoms with Crippen LogP contribution in [-0.2, 0) is 6.18 Å². The Kier molecular flexibility index (Phi) is 3.47. The van der Waals surface area contributed by atoms with Crippen LogP contribution in [0.1, 0.15) is 5.56 Å². The average molecular weight is 366 g/mol. The molecule has 0 unspecified atom stereocenters. The van der Waals surface area contributed by atoms with E-state index in [-0.39, 0.29) is 5.75 Å². The lowest BCUT2D eigenvalue weighted by Crippen LogP contribution is -2.03. The molecule has 8 heteroatoms. The number of hydrogen-bond acceptors (Lipinski definition) is 3. The van der Waals surface area contributed by atoms with E-state index >= 15 is 0 Å². The zero-order valence-electron chi connectivity index (χ0n) is 12.8. The maximum atomic E-state index is 13.9. The SMILES string of the molecule is COc1ccc(-c2cn3c(n2)sc2cc(C(F)(F)F)ccc23)cc1F. The first-order chi connectivity index (χ1) is 11.9. The topological polar surface area (TPSA) is 26.5 Å². The molecule has 0 amide bonds. The summed E-state index contributed by atoms with van der Waals surface area (Å²) in [6.07, 6.45) is -2.70. The molecule has 0 radical (unpaired) electrons. The maximum Gasteiger partial charge on any atom is 0.416 e. The molecule has 4 aromatic rings. The quantitative estimate of drug-likeness (QED) is 0.445. The van der Waals surface area contributed by atoms with E-state index in [1.54, 1.807) is 16.7 Å². The third kappa shape index (κ3) is 2.62. The Morgan fingerprint density at radius 2 is 1.92 bits per heavy atom. The van der Waals surface area contributed by atoms with Crippen molar-refractivity contribution >= 4 is 26.5 Å². The van der Waals surface area contributed by atoms with Crippen LogP contribution in [-0.4, -0.2) is 16.5 Å². The van der Waals surface area contributed by atoms with Gasteiger partial charge in [0.05, 0.1) is 28.6 Å². The Labute approximate surface area is 143 Å². The molecule has 0 saturated carbocycles. The number of rotatable bonds is 2. The van der Waals surface area contributed by atoms with Gasteiger partial charge in [-0.15, -0.1) is 0 Å². The second-order valence-electron chi connectivity index (χ2n) is 5.41. The van der Waals surface area contributed by atoms with Crippen LogP contribution < -0.4 is 4.74 Å². The normalized spacial score (nSPS) is 12.2. The Morgan fingerprint density at radius 3 is 2.60 bits per heavy atom. The van der Waals surface area contributed by atoms with Gasteiger partial charge in [-0.2, -0.15) is 13.2 Å². The van der Waals surface area contributed by atoms with Crippen molar-refractivity contribution in [1.29, 1.82) is 0 Å². The largest absolute Gasteiger partial charge is 0.494 e. The van der Waals surface area contributed by atoms with Crippen molar-refractivity contribution in [2.75, 3.05) is 7.11 Å². The Balaban J connectivity index is 1.82. The van der Waals surface area contributed by atoms with Crippen molar-refractivity contribution < 1.29 is 22.3 Å². The zero-order valence-corrected chi connectivity index (χ0v) is 13.6. The molecule has 4 rings (SSSR count). The zero-order chi connectivity index (χ0) is 17.8. The summed E-state index contributed by atoms with van der Waals surface area (Å²) >= 11 is 1.15. The first kappa shape index (κ1) is 15.9. The number of imidazole rings is 1. The average Bonchev–Trinajstić information content (AvgIpc) is 3.11. The summed E-state index contributed by atoms with van der Waals surface area (Å²) in [5, 5.41) is 0. The summed E-state index contributed by atoms with van der Waals surface area (Å²) in [4.78, 5) is 4.94. The molecule has 0 aliphatic carbocycles. The van der Waals surface area contributed by atoms with Crippen LogP contribution in [0.3, 0.4) is 0 Å². The van der Waals surface area contributed by atoms with Crippen LogP contribution >= 0.6 is 11.3 Å². The first-order valence-corrected chi connectivity index (χ1v) is 8.01. The summed E-state index contributed by atoms with van der Waals surface area (Å²) in [6.45, 7) is 0. The third-order valence-corrected chi connectivity index (χ3v) is 4.89. The maximum absolute atomic E-state index is 13.9. The fourth-order valence-corrected chi connectivity index (χ4v) is 3.69. The van der Waals surface area contributed by atoms with Gasteiger partial charge in [-0.1, -0.05) is 11.3 Å². The van der Waals surface area contributed by atoms with Gasteiger partial charge in [-0.25, -0.2) is 9.37 Å². The van der Waals surface area contributed by atoms with Crippen molar-refractivity contribution in [3.63, 3.8) is 0 Å². The second kappa shape index (κ2) is 5.45. The molecular weight excluding hydrogens is 356 g/mol. The fourth-order valence-electron chi connectivity index (χ4n) is 2.64. The van der Waals surface area contributed by atoms with Gasteiger partial charge in [-0.05, 0) is 36.4 Å². The van der Waals surface area contributed by atoms with E-state index in [2.05, 4.69) is 4.98 Å². The molecule has 25 heavy (non-hydrogen) atoms. The van der Waals surface area contributed by atoms with Gasteiger partial charge in [0.15, 0.2) is 16.5 Å². The van der Waals surface area contributed by atoms with E-state index in [9.17, 15) is 17.6 Å². The number of benzene rings is 2. The molecule has 3 nitrogen and oxygen atoms in total. The van der Waals surface area contributed by atoms with Gasteiger partial charge < -0.3 is 4.74 Å². The predicted molar refractivity (Wildman–Crippen MR) is 87.5 cm³/mol. The summed E-state index contributed by atoms with van der Waals surface area (Å²) < 4.78 is 59.4. The predicted octanol–water partition coefficient (Wildman–Crippen LogP) is 5.38. The van der Waals surface area contributed by atoms with Crippen LogP contribution in [0.2, 0.25) is 0 Å². The van der Waals surface area contributed by atoms with Crippen LogP contribution in [0.4, 0.5) is 17.6 Å². The number of alkyl halides is 3. The molecular formula is C17H10F4N2OS. The highest BCUT2D eigenvalue weighted by Gasteiger charge is 2.30. The van der Waals surface area contributed by atoms with E-state index < -0.39 is 17.6 Å². The smallest absolute Gasteiger partial charge is 0.416 e. The molecule has 0 aliphatic rings. The van der Waals surface area contributed by atoms with Crippen molar-refractivity contribution in [2.45, 2.75) is 6.18 Å². The van der Waals surface area contributed by atoms with Crippen LogP contribution in [0.15, 0.2) is 42.6 Å². The molecule has 128 valence electrons. The van der Waals surface area contributed by atoms with Gasteiger partial charge in [0.25, 0.3) is 0 Å². The number of fused-ring (bicyclic) bond motifs is 3. The number of nitrogens with zero attached hydrogens (tertiary/aromatic N) is 2. The molecule has 0 aliphatic heterocycles. The molecule has 0 spiro atoms. The van der Waals surface area contributed by atoms with Crippen molar-refractivity contribution in [1.82, 2.24) is 9.38 Å². The monoisotopic (exact) mass is 366 g/mol. The van der Waals surface area contributed by atoms with Crippen molar-refractivity contribution in [3.05, 3.63) is 54.0 Å². The highest BCUT2D eigenvalue weighted by molar-refractivity contribution is 7.23. The Morgan fingerprint density at radius 1 is 1.12 bits per heavy atom. The number of aromatic nitrogens is 2. The Hall–Kier alpha value is -2.61. The van der Waals surface area contributed by atoms with Crippen molar-refractivity contribution in [2.24, 2.45) is 0 Å². The molecule has 2 aromatic heterocycles. The second-order valence-corrected chi connectivity index (χ2v) is 6.42. The highest BCUT2D eigenvalue weighted by atomic mass is 32.1. The fraction of sp³-hybridized carbons (Fsp3) is 0.118. The number of halogens is 4. The minimum atomic E-state index is -4.38. The Bertz CT molecular complexity index is 1100. The lowest BCUT2D eigenvalue weighted by atomic mass is 10.1. The summed E-state index contributed by atoms with van der Waals surface area (Å²) in [6, 6.07) is 8.07. The minimum Gasteiger partial charge on any atom is -0.494 e. The molecule has 2 aromatic carbocycles. The lowest BCUT2D eigenvalue weighted by molar-refractivity contribution is -0.137. The van der Waals surface area contributed by atoms with Gasteiger partial charge in [0.1, 0.15) is 0 Å². The van der Waals surface area contributed by atoms with Crippen molar-refractivity contribution in [3.8, 4) is 17.0 Å². The van der Waals surface area contributed by atoms with Crippen LogP contribution in [0.5, 0.6) is 5.75 Å². The van der Waals surface area contributed by atoms with Crippen LogP contribution in [0, 0.1) is 5.82 Å². The number of methoxy groups -OCH3 is 1. The standard InChI is InChI=1S/C17H10F4N2OS/c1-24-14-5-2-9(6-11(14)18)12-8-23-13-4-3-10(17(19,20)21)7-15(13)25-16(23)22-12/h2-8H,1H3. The lowest BCUT2D eigenvalue weighted by Gasteiger charge is -2.05. The summed E-state index contributed by atoms with van der Waals surface area (Å²) in [5.74, 6) is -0.370. The van der Waals surface area contributed by atoms with E-state index in [0.29, 0.717) is 26.4 Å². The third-order valence-electron chi connectivity index (χ3n) is 3.87. The molecule has 0 fully saturated rings. The molecule has 0 bridgehead atoms. The van der Waals surface area contributed by atoms with E-state index in [4.69, 9.17) is 4.74 Å². The van der Waals surface area contributed by atoms with E-state index in [0.717, 1.165) is 23.5 Å². The summed E-state index contributed by atoms with van der Waals surface area (Å²) in [5.41, 5.74) is 1.03. The highest BCUT2D eigenvalue weighted by Crippen LogP contribution is 2.35. The van der Waals surface area contributed by atoms with Gasteiger partial charge in [-0.3, -0.25) is 4.40 Å². The van der Waals surface area contributed by atoms with Gasteiger partial charge in [0, 0.05) is 11.8 Å². The number of ether oxygens (including phenoxy) is 1. The molecule has 0 atom stereocenters. The molecule has 0 N–H and O–H groups in total. The van der Waals surface area contributed by atoms with Gasteiger partial charge >= 0.3 is 6.18 Å². The van der Waals surface area contributed by atoms with E-state index in [1.807, 2.05) is 0 Å².